The van der Waals surface area contributed by atoms with Crippen molar-refractivity contribution in [3.05, 3.63) is 35.7 Å². The predicted octanol–water partition coefficient (Wildman–Crippen LogP) is 2.48. The van der Waals surface area contributed by atoms with Crippen LogP contribution in [0.4, 0.5) is 4.39 Å². The highest BCUT2D eigenvalue weighted by atomic mass is 19.1. The van der Waals surface area contributed by atoms with E-state index in [1.54, 1.807) is 6.07 Å². The fraction of sp³-hybridized carbons (Fsp3) is 0.357. The van der Waals surface area contributed by atoms with Gasteiger partial charge in [-0.3, -0.25) is 0 Å². The Morgan fingerprint density at radius 2 is 2.42 bits per heavy atom. The average molecular weight is 266 g/mol. The molecule has 0 aromatic heterocycles. The number of carboxylic acid groups (broad SMARTS) is 1. The van der Waals surface area contributed by atoms with Crippen LogP contribution in [0.5, 0.6) is 5.75 Å². The molecule has 0 saturated carbocycles. The molecule has 1 fully saturated rings. The minimum atomic E-state index is -1.09. The summed E-state index contributed by atoms with van der Waals surface area (Å²) in [5.41, 5.74) is 0.403. The lowest BCUT2D eigenvalue weighted by Crippen LogP contribution is -2.17. The van der Waals surface area contributed by atoms with Crippen molar-refractivity contribution in [2.45, 2.75) is 18.9 Å². The second kappa shape index (κ2) is 6.33. The van der Waals surface area contributed by atoms with E-state index in [9.17, 15) is 9.18 Å². The van der Waals surface area contributed by atoms with Crippen LogP contribution in [-0.2, 0) is 9.53 Å². The summed E-state index contributed by atoms with van der Waals surface area (Å²) in [5, 5.41) is 8.60. The third-order valence-electron chi connectivity index (χ3n) is 2.84. The molecule has 1 heterocycles. The minimum absolute atomic E-state index is 0.0177. The standard InChI is InChI=1S/C14H15FO4/c15-12-5-1-3-10(6-7-13(16)17)14(12)19-9-11-4-2-8-18-11/h1,3,5-7,11H,2,4,8-9H2,(H,16,17)/b7-6+. The Morgan fingerprint density at radius 1 is 1.58 bits per heavy atom. The summed E-state index contributed by atoms with van der Waals surface area (Å²) in [5.74, 6) is -1.53. The molecule has 2 rings (SSSR count). The van der Waals surface area contributed by atoms with Crippen molar-refractivity contribution in [2.24, 2.45) is 0 Å². The van der Waals surface area contributed by atoms with Crippen LogP contribution >= 0.6 is 0 Å². The monoisotopic (exact) mass is 266 g/mol. The number of para-hydroxylation sites is 1. The fourth-order valence-electron chi connectivity index (χ4n) is 1.92. The first-order valence-corrected chi connectivity index (χ1v) is 6.11. The zero-order valence-electron chi connectivity index (χ0n) is 10.3. The Bertz CT molecular complexity index is 478. The quantitative estimate of drug-likeness (QED) is 0.832. The predicted molar refractivity (Wildman–Crippen MR) is 67.5 cm³/mol. The van der Waals surface area contributed by atoms with Gasteiger partial charge in [-0.2, -0.15) is 0 Å². The number of benzene rings is 1. The van der Waals surface area contributed by atoms with Crippen molar-refractivity contribution in [1.82, 2.24) is 0 Å². The van der Waals surface area contributed by atoms with Gasteiger partial charge in [0.15, 0.2) is 11.6 Å². The van der Waals surface area contributed by atoms with Gasteiger partial charge >= 0.3 is 5.97 Å². The van der Waals surface area contributed by atoms with Crippen LogP contribution in [0.1, 0.15) is 18.4 Å². The van der Waals surface area contributed by atoms with Crippen molar-refractivity contribution in [3.8, 4) is 5.75 Å². The molecule has 0 spiro atoms. The lowest BCUT2D eigenvalue weighted by molar-refractivity contribution is -0.131. The van der Waals surface area contributed by atoms with Gasteiger partial charge in [0.25, 0.3) is 0 Å². The zero-order chi connectivity index (χ0) is 13.7. The van der Waals surface area contributed by atoms with Crippen molar-refractivity contribution < 1.29 is 23.8 Å². The highest BCUT2D eigenvalue weighted by Crippen LogP contribution is 2.25. The minimum Gasteiger partial charge on any atom is -0.487 e. The van der Waals surface area contributed by atoms with Gasteiger partial charge in [0.05, 0.1) is 6.10 Å². The molecule has 102 valence electrons. The van der Waals surface area contributed by atoms with E-state index in [0.29, 0.717) is 12.2 Å². The number of ether oxygens (including phenoxy) is 2. The molecule has 4 nitrogen and oxygen atoms in total. The molecule has 0 bridgehead atoms. The van der Waals surface area contributed by atoms with Crippen LogP contribution in [0, 0.1) is 5.82 Å². The van der Waals surface area contributed by atoms with Crippen LogP contribution in [0.3, 0.4) is 0 Å². The van der Waals surface area contributed by atoms with Crippen LogP contribution in [0.15, 0.2) is 24.3 Å². The summed E-state index contributed by atoms with van der Waals surface area (Å²) in [7, 11) is 0. The number of hydrogen-bond acceptors (Lipinski definition) is 3. The van der Waals surface area contributed by atoms with Gasteiger partial charge in [-0.1, -0.05) is 12.1 Å². The SMILES string of the molecule is O=C(O)/C=C/c1cccc(F)c1OCC1CCCO1. The van der Waals surface area contributed by atoms with E-state index >= 15 is 0 Å². The first-order valence-electron chi connectivity index (χ1n) is 6.11. The summed E-state index contributed by atoms with van der Waals surface area (Å²) in [4.78, 5) is 10.5. The number of carbonyl (C=O) groups is 1. The summed E-state index contributed by atoms with van der Waals surface area (Å²) in [6.45, 7) is 0.978. The fourth-order valence-corrected chi connectivity index (χ4v) is 1.92. The van der Waals surface area contributed by atoms with E-state index in [-0.39, 0.29) is 18.5 Å². The van der Waals surface area contributed by atoms with Crippen LogP contribution < -0.4 is 4.74 Å². The molecule has 1 saturated heterocycles. The van der Waals surface area contributed by atoms with E-state index in [1.165, 1.54) is 18.2 Å². The number of carboxylic acids is 1. The summed E-state index contributed by atoms with van der Waals surface area (Å²) in [6, 6.07) is 4.39. The van der Waals surface area contributed by atoms with Crippen LogP contribution in [-0.4, -0.2) is 30.4 Å². The van der Waals surface area contributed by atoms with Gasteiger partial charge in [-0.05, 0) is 25.0 Å². The van der Waals surface area contributed by atoms with E-state index in [0.717, 1.165) is 18.9 Å². The van der Waals surface area contributed by atoms with Crippen molar-refractivity contribution in [3.63, 3.8) is 0 Å². The number of aliphatic carboxylic acids is 1. The van der Waals surface area contributed by atoms with E-state index < -0.39 is 11.8 Å². The number of halogens is 1. The maximum absolute atomic E-state index is 13.7. The highest BCUT2D eigenvalue weighted by Gasteiger charge is 2.17. The lowest BCUT2D eigenvalue weighted by atomic mass is 10.1. The van der Waals surface area contributed by atoms with Gasteiger partial charge in [0, 0.05) is 18.2 Å². The molecule has 1 aliphatic rings. The Labute approximate surface area is 110 Å². The second-order valence-corrected chi connectivity index (χ2v) is 4.28. The van der Waals surface area contributed by atoms with E-state index in [1.807, 2.05) is 0 Å². The second-order valence-electron chi connectivity index (χ2n) is 4.28. The molecule has 1 unspecified atom stereocenters. The molecule has 1 N–H and O–H groups in total. The van der Waals surface area contributed by atoms with E-state index in [2.05, 4.69) is 0 Å². The van der Waals surface area contributed by atoms with Gasteiger partial charge in [-0.25, -0.2) is 9.18 Å². The maximum atomic E-state index is 13.7. The first-order chi connectivity index (χ1) is 9.16. The molecule has 1 aromatic carbocycles. The molecule has 1 aliphatic heterocycles. The van der Waals surface area contributed by atoms with Crippen LogP contribution in [0.2, 0.25) is 0 Å². The molecular formula is C14H15FO4. The molecule has 0 amide bonds. The van der Waals surface area contributed by atoms with E-state index in [4.69, 9.17) is 14.6 Å². The molecule has 0 radical (unpaired) electrons. The van der Waals surface area contributed by atoms with Crippen molar-refractivity contribution in [2.75, 3.05) is 13.2 Å². The Balaban J connectivity index is 2.10. The molecule has 1 aromatic rings. The smallest absolute Gasteiger partial charge is 0.328 e. The molecule has 19 heavy (non-hydrogen) atoms. The van der Waals surface area contributed by atoms with Gasteiger partial charge in [0.1, 0.15) is 6.61 Å². The van der Waals surface area contributed by atoms with Crippen molar-refractivity contribution in [1.29, 1.82) is 0 Å². The number of hydrogen-bond donors (Lipinski definition) is 1. The third kappa shape index (κ3) is 3.79. The number of rotatable bonds is 5. The molecule has 5 heteroatoms. The van der Waals surface area contributed by atoms with Crippen molar-refractivity contribution >= 4 is 12.0 Å². The maximum Gasteiger partial charge on any atom is 0.328 e. The summed E-state index contributed by atoms with van der Waals surface area (Å²) >= 11 is 0. The molecular weight excluding hydrogens is 251 g/mol. The van der Waals surface area contributed by atoms with Gasteiger partial charge in [0.2, 0.25) is 0 Å². The Morgan fingerprint density at radius 3 is 3.11 bits per heavy atom. The van der Waals surface area contributed by atoms with Crippen LogP contribution in [0.25, 0.3) is 6.08 Å². The highest BCUT2D eigenvalue weighted by molar-refractivity contribution is 5.85. The van der Waals surface area contributed by atoms with Gasteiger partial charge < -0.3 is 14.6 Å². The Kier molecular flexibility index (Phi) is 4.52. The summed E-state index contributed by atoms with van der Waals surface area (Å²) < 4.78 is 24.5. The molecule has 0 aliphatic carbocycles. The molecule has 1 atom stereocenters. The zero-order valence-corrected chi connectivity index (χ0v) is 10.3. The lowest BCUT2D eigenvalue weighted by Gasteiger charge is -2.13. The normalized spacial score (nSPS) is 18.9. The third-order valence-corrected chi connectivity index (χ3v) is 2.84. The first kappa shape index (κ1) is 13.5. The largest absolute Gasteiger partial charge is 0.487 e. The topological polar surface area (TPSA) is 55.8 Å². The summed E-state index contributed by atoms with van der Waals surface area (Å²) in [6.07, 6.45) is 4.13. The average Bonchev–Trinajstić information content (AvgIpc) is 2.88. The van der Waals surface area contributed by atoms with Gasteiger partial charge in [-0.15, -0.1) is 0 Å². The Hall–Kier alpha value is -1.88.